The fraction of sp³-hybridized carbons (Fsp3) is 0.265. The number of nitrogens with zero attached hydrogens (tertiary/aromatic N) is 4. The second-order valence-corrected chi connectivity index (χ2v) is 13.2. The second kappa shape index (κ2) is 11.8. The molecular weight excluding hydrogens is 596 g/mol. The molecule has 0 saturated carbocycles. The van der Waals surface area contributed by atoms with Crippen LogP contribution in [0.1, 0.15) is 43.6 Å². The number of hydrogen-bond acceptors (Lipinski definition) is 7. The maximum Gasteiger partial charge on any atom is 0.337 e. The molecule has 6 rings (SSSR count). The fourth-order valence-electron chi connectivity index (χ4n) is 5.42. The highest BCUT2D eigenvalue weighted by Gasteiger charge is 2.32. The van der Waals surface area contributed by atoms with Crippen LogP contribution in [0, 0.1) is 6.92 Å². The van der Waals surface area contributed by atoms with E-state index in [0.29, 0.717) is 23.9 Å². The first-order chi connectivity index (χ1) is 21.0. The Labute approximate surface area is 264 Å². The number of aryl methyl sites for hydroxylation is 2. The highest BCUT2D eigenvalue weighted by molar-refractivity contribution is 7.22. The summed E-state index contributed by atoms with van der Waals surface area (Å²) in [5, 5.41) is 17.1. The van der Waals surface area contributed by atoms with Crippen molar-refractivity contribution in [1.29, 1.82) is 0 Å². The number of thiazole rings is 1. The molecular formula is C34H33ClN4O4S. The molecule has 1 N–H and O–H groups in total. The van der Waals surface area contributed by atoms with Gasteiger partial charge < -0.3 is 19.5 Å². The van der Waals surface area contributed by atoms with Gasteiger partial charge in [-0.1, -0.05) is 47.2 Å². The lowest BCUT2D eigenvalue weighted by Crippen LogP contribution is -2.28. The van der Waals surface area contributed by atoms with Gasteiger partial charge in [-0.05, 0) is 86.4 Å². The molecule has 226 valence electrons. The maximum atomic E-state index is 12.6. The average Bonchev–Trinajstić information content (AvgIpc) is 3.54. The summed E-state index contributed by atoms with van der Waals surface area (Å²) in [6, 6.07) is 15.7. The van der Waals surface area contributed by atoms with Gasteiger partial charge in [-0.2, -0.15) is 5.10 Å². The number of anilines is 1. The Morgan fingerprint density at radius 3 is 2.61 bits per heavy atom. The fourth-order valence-corrected chi connectivity index (χ4v) is 6.64. The van der Waals surface area contributed by atoms with E-state index in [-0.39, 0.29) is 0 Å². The lowest BCUT2D eigenvalue weighted by atomic mass is 9.91. The number of hydrogen-bond donors (Lipinski definition) is 1. The van der Waals surface area contributed by atoms with Gasteiger partial charge >= 0.3 is 5.97 Å². The molecule has 1 aliphatic rings. The summed E-state index contributed by atoms with van der Waals surface area (Å²) in [6.07, 6.45) is 6.71. The van der Waals surface area contributed by atoms with Gasteiger partial charge in [-0.25, -0.2) is 9.78 Å². The first-order valence-corrected chi connectivity index (χ1v) is 15.4. The van der Waals surface area contributed by atoms with Crippen molar-refractivity contribution in [3.63, 3.8) is 0 Å². The molecule has 8 nitrogen and oxygen atoms in total. The molecule has 0 amide bonds. The second-order valence-electron chi connectivity index (χ2n) is 11.8. The van der Waals surface area contributed by atoms with Gasteiger partial charge in [0.15, 0.2) is 11.2 Å². The average molecular weight is 629 g/mol. The third-order valence-electron chi connectivity index (χ3n) is 7.42. The number of aliphatic carboxylic acids is 1. The lowest BCUT2D eigenvalue weighted by molar-refractivity contribution is -0.160. The zero-order chi connectivity index (χ0) is 31.2. The van der Waals surface area contributed by atoms with Crippen LogP contribution in [-0.4, -0.2) is 44.8 Å². The maximum absolute atomic E-state index is 12.6. The summed E-state index contributed by atoms with van der Waals surface area (Å²) in [6.45, 7) is 8.21. The zero-order valence-corrected chi connectivity index (χ0v) is 26.7. The summed E-state index contributed by atoms with van der Waals surface area (Å²) in [4.78, 5) is 19.6. The van der Waals surface area contributed by atoms with Gasteiger partial charge in [-0.15, -0.1) is 0 Å². The molecule has 0 radical (unpaired) electrons. The molecule has 1 aliphatic heterocycles. The number of benzene rings is 3. The van der Waals surface area contributed by atoms with Gasteiger partial charge in [0, 0.05) is 34.8 Å². The van der Waals surface area contributed by atoms with Gasteiger partial charge in [0.25, 0.3) is 0 Å². The number of halogens is 1. The molecule has 5 aromatic rings. The largest absolute Gasteiger partial charge is 0.479 e. The Balaban J connectivity index is 1.41. The molecule has 0 saturated heterocycles. The van der Waals surface area contributed by atoms with Crippen LogP contribution < -0.4 is 4.90 Å². The number of carboxylic acid groups (broad SMARTS) is 1. The third kappa shape index (κ3) is 6.01. The molecule has 3 heterocycles. The van der Waals surface area contributed by atoms with Gasteiger partial charge in [0.2, 0.25) is 0 Å². The molecule has 0 bridgehead atoms. The highest BCUT2D eigenvalue weighted by Crippen LogP contribution is 2.44. The molecule has 2 aromatic heterocycles. The number of carbonyl (C=O) groups is 1. The van der Waals surface area contributed by atoms with E-state index in [1.54, 1.807) is 0 Å². The van der Waals surface area contributed by atoms with Crippen molar-refractivity contribution in [3.8, 4) is 11.1 Å². The summed E-state index contributed by atoms with van der Waals surface area (Å²) in [7, 11) is 1.93. The van der Waals surface area contributed by atoms with Gasteiger partial charge in [-0.3, -0.25) is 4.68 Å². The summed E-state index contributed by atoms with van der Waals surface area (Å²) < 4.78 is 15.0. The predicted molar refractivity (Wildman–Crippen MR) is 177 cm³/mol. The van der Waals surface area contributed by atoms with E-state index >= 15 is 0 Å². The predicted octanol–water partition coefficient (Wildman–Crippen LogP) is 8.14. The van der Waals surface area contributed by atoms with E-state index in [0.717, 1.165) is 54.1 Å². The number of fused-ring (bicyclic) bond motifs is 2. The third-order valence-corrected chi connectivity index (χ3v) is 8.80. The molecule has 1 atom stereocenters. The summed E-state index contributed by atoms with van der Waals surface area (Å²) >= 11 is 7.72. The molecule has 0 aliphatic carbocycles. The van der Waals surface area contributed by atoms with Crippen molar-refractivity contribution in [2.75, 3.05) is 18.2 Å². The molecule has 0 spiro atoms. The monoisotopic (exact) mass is 628 g/mol. The quantitative estimate of drug-likeness (QED) is 0.203. The Hall–Kier alpha value is -4.02. The van der Waals surface area contributed by atoms with Crippen LogP contribution in [0.4, 0.5) is 5.13 Å². The normalized spacial score (nSPS) is 16.9. The molecule has 10 heteroatoms. The topological polar surface area (TPSA) is 89.7 Å². The Morgan fingerprint density at radius 2 is 1.89 bits per heavy atom. The molecule has 44 heavy (non-hydrogen) atoms. The van der Waals surface area contributed by atoms with Crippen LogP contribution in [0.25, 0.3) is 37.8 Å². The van der Waals surface area contributed by atoms with Crippen LogP contribution in [0.3, 0.4) is 0 Å². The van der Waals surface area contributed by atoms with Crippen LogP contribution in [0.5, 0.6) is 0 Å². The van der Waals surface area contributed by atoms with E-state index < -0.39 is 17.7 Å². The van der Waals surface area contributed by atoms with E-state index in [1.165, 1.54) is 11.3 Å². The minimum absolute atomic E-state index is 0.301. The van der Waals surface area contributed by atoms with Crippen LogP contribution in [0.2, 0.25) is 5.02 Å². The van der Waals surface area contributed by atoms with Crippen LogP contribution in [-0.2, 0) is 21.3 Å². The van der Waals surface area contributed by atoms with E-state index in [1.807, 2.05) is 93.1 Å². The smallest absolute Gasteiger partial charge is 0.337 e. The lowest BCUT2D eigenvalue weighted by Gasteiger charge is -2.28. The molecule has 0 unspecified atom stereocenters. The van der Waals surface area contributed by atoms with E-state index in [9.17, 15) is 9.90 Å². The Kier molecular flexibility index (Phi) is 8.06. The Morgan fingerprint density at radius 1 is 1.14 bits per heavy atom. The number of ether oxygens (including phenoxy) is 2. The van der Waals surface area contributed by atoms with Crippen molar-refractivity contribution in [3.05, 3.63) is 94.8 Å². The minimum Gasteiger partial charge on any atom is -0.479 e. The summed E-state index contributed by atoms with van der Waals surface area (Å²) in [5.41, 5.74) is 6.34. The first-order valence-electron chi connectivity index (χ1n) is 14.2. The van der Waals surface area contributed by atoms with Gasteiger partial charge in [0.05, 0.1) is 34.1 Å². The van der Waals surface area contributed by atoms with Gasteiger partial charge in [0.1, 0.15) is 6.73 Å². The Bertz CT molecular complexity index is 1940. The standard InChI is InChI=1S/C34H33ClN4O4S/c1-20-15-26-31(29(21-8-11-25(35)12-9-21)28(20)30(32(40)41)43-34(2,3)4)44-33(37-26)39-14-6-7-23(18-42-19-39)22-10-13-27-24(16-22)17-36-38(27)5/h6-17,30H,18-19H2,1-5H3,(H,40,41)/b14-6-,23-7+/t30-/m0/s1. The highest BCUT2D eigenvalue weighted by atomic mass is 35.5. The first kappa shape index (κ1) is 30.0. The van der Waals surface area contributed by atoms with E-state index in [2.05, 4.69) is 29.4 Å². The van der Waals surface area contributed by atoms with Crippen molar-refractivity contribution in [2.45, 2.75) is 39.4 Å². The zero-order valence-electron chi connectivity index (χ0n) is 25.2. The van der Waals surface area contributed by atoms with Crippen molar-refractivity contribution < 1.29 is 19.4 Å². The van der Waals surface area contributed by atoms with Crippen molar-refractivity contribution in [1.82, 2.24) is 14.8 Å². The molecule has 0 fully saturated rings. The number of allylic oxidation sites excluding steroid dienone is 2. The van der Waals surface area contributed by atoms with Crippen LogP contribution in [0.15, 0.2) is 73.1 Å². The van der Waals surface area contributed by atoms with Crippen LogP contribution >= 0.6 is 22.9 Å². The SMILES string of the molecule is Cc1cc2nc(N3/C=C\C=C(\c4ccc5c(cnn5C)c4)COC3)sc2c(-c2ccc(Cl)cc2)c1[C@H](OC(C)(C)C)C(=O)O. The number of rotatable bonds is 6. The minimum atomic E-state index is -1.17. The number of carboxylic acids is 1. The van der Waals surface area contributed by atoms with Crippen molar-refractivity contribution in [2.24, 2.45) is 7.05 Å². The number of aromatic nitrogens is 3. The molecule has 3 aromatic carbocycles. The van der Waals surface area contributed by atoms with Crippen molar-refractivity contribution >= 4 is 60.7 Å². The van der Waals surface area contributed by atoms with E-state index in [4.69, 9.17) is 26.1 Å². The summed E-state index contributed by atoms with van der Waals surface area (Å²) in [5.74, 6) is -1.05.